The number of amides is 1. The Balaban J connectivity index is 2.72. The van der Waals surface area contributed by atoms with Gasteiger partial charge in [-0.15, -0.1) is 0 Å². The minimum atomic E-state index is -0.816. The second-order valence-corrected chi connectivity index (χ2v) is 4.11. The van der Waals surface area contributed by atoms with Gasteiger partial charge in [-0.05, 0) is 19.1 Å². The van der Waals surface area contributed by atoms with Crippen molar-refractivity contribution in [2.45, 2.75) is 6.92 Å². The van der Waals surface area contributed by atoms with Crippen molar-refractivity contribution in [2.75, 3.05) is 7.11 Å². The van der Waals surface area contributed by atoms with Gasteiger partial charge >= 0.3 is 12.1 Å². The highest BCUT2D eigenvalue weighted by molar-refractivity contribution is 7.80. The first-order valence-corrected chi connectivity index (χ1v) is 5.99. The van der Waals surface area contributed by atoms with E-state index in [0.29, 0.717) is 5.75 Å². The van der Waals surface area contributed by atoms with E-state index < -0.39 is 12.1 Å². The molecular weight excluding hydrogens is 280 g/mol. The van der Waals surface area contributed by atoms with Crippen molar-refractivity contribution in [3.8, 4) is 5.75 Å². The zero-order chi connectivity index (χ0) is 15.1. The maximum atomic E-state index is 11.6. The number of methoxy groups -OCH3 is 1. The van der Waals surface area contributed by atoms with Gasteiger partial charge in [-0.1, -0.05) is 30.4 Å². The number of hydrogen-bond donors (Lipinski definition) is 2. The number of carbonyl (C=O) groups is 2. The molecule has 0 fully saturated rings. The lowest BCUT2D eigenvalue weighted by molar-refractivity contribution is -0.135. The Morgan fingerprint density at radius 1 is 1.25 bits per heavy atom. The van der Waals surface area contributed by atoms with Gasteiger partial charge in [0.15, 0.2) is 0 Å². The molecule has 0 radical (unpaired) electrons. The van der Waals surface area contributed by atoms with Crippen LogP contribution in [0.1, 0.15) is 6.92 Å². The van der Waals surface area contributed by atoms with E-state index in [9.17, 15) is 9.59 Å². The third kappa shape index (κ3) is 4.36. The van der Waals surface area contributed by atoms with Gasteiger partial charge in [-0.25, -0.2) is 9.59 Å². The smallest absolute Gasteiger partial charge is 0.417 e. The largest absolute Gasteiger partial charge is 0.465 e. The van der Waals surface area contributed by atoms with E-state index in [0.717, 1.165) is 0 Å². The van der Waals surface area contributed by atoms with Crippen LogP contribution < -0.4 is 15.8 Å². The van der Waals surface area contributed by atoms with E-state index in [4.69, 9.17) is 22.7 Å². The summed E-state index contributed by atoms with van der Waals surface area (Å²) in [5, 5.41) is 2.26. The fourth-order valence-corrected chi connectivity index (χ4v) is 1.64. The fourth-order valence-electron chi connectivity index (χ4n) is 1.31. The predicted octanol–water partition coefficient (Wildman–Crippen LogP) is 1.51. The number of thiocarbonyl (C=S) groups is 1. The van der Waals surface area contributed by atoms with Crippen LogP contribution in [-0.2, 0) is 9.53 Å². The first-order chi connectivity index (χ1) is 9.45. The zero-order valence-corrected chi connectivity index (χ0v) is 11.8. The highest BCUT2D eigenvalue weighted by Gasteiger charge is 2.20. The first kappa shape index (κ1) is 15.6. The standard InChI is InChI=1S/C13H14N2O4S/c1-8(14)10(12(16)18-2)11(20)15-13(17)19-9-6-4-3-5-7-9/h3-7H,14H2,1-2H3,(H,15,17,20)/b10-8-. The number of hydrogen-bond acceptors (Lipinski definition) is 6. The van der Waals surface area contributed by atoms with Gasteiger partial charge in [0, 0.05) is 5.70 Å². The summed E-state index contributed by atoms with van der Waals surface area (Å²) in [4.78, 5) is 23.0. The van der Waals surface area contributed by atoms with E-state index in [1.807, 2.05) is 0 Å². The van der Waals surface area contributed by atoms with E-state index in [-0.39, 0.29) is 16.3 Å². The summed E-state index contributed by atoms with van der Waals surface area (Å²) in [5.74, 6) is -0.379. The van der Waals surface area contributed by atoms with Gasteiger partial charge in [-0.2, -0.15) is 0 Å². The van der Waals surface area contributed by atoms with Crippen molar-refractivity contribution in [3.05, 3.63) is 41.6 Å². The quantitative estimate of drug-likeness (QED) is 0.499. The fraction of sp³-hybridized carbons (Fsp3) is 0.154. The van der Waals surface area contributed by atoms with Crippen LogP contribution in [0.25, 0.3) is 0 Å². The number of nitrogens with two attached hydrogens (primary N) is 1. The molecule has 20 heavy (non-hydrogen) atoms. The van der Waals surface area contributed by atoms with Gasteiger partial charge in [0.1, 0.15) is 16.3 Å². The Kier molecular flexibility index (Phi) is 5.67. The second-order valence-electron chi connectivity index (χ2n) is 3.71. The molecule has 0 saturated carbocycles. The molecule has 0 aliphatic rings. The Morgan fingerprint density at radius 2 is 1.85 bits per heavy atom. The van der Waals surface area contributed by atoms with Gasteiger partial charge in [0.25, 0.3) is 0 Å². The predicted molar refractivity (Wildman–Crippen MR) is 77.1 cm³/mol. The van der Waals surface area contributed by atoms with Gasteiger partial charge in [0.05, 0.1) is 7.11 Å². The number of esters is 1. The van der Waals surface area contributed by atoms with E-state index in [2.05, 4.69) is 10.1 Å². The lowest BCUT2D eigenvalue weighted by Crippen LogP contribution is -2.36. The third-order valence-electron chi connectivity index (χ3n) is 2.18. The molecule has 1 rings (SSSR count). The molecule has 0 saturated heterocycles. The average molecular weight is 294 g/mol. The summed E-state index contributed by atoms with van der Waals surface area (Å²) in [6.07, 6.45) is -0.816. The van der Waals surface area contributed by atoms with Crippen molar-refractivity contribution >= 4 is 29.3 Å². The molecule has 1 aromatic carbocycles. The van der Waals surface area contributed by atoms with Crippen molar-refractivity contribution in [2.24, 2.45) is 5.73 Å². The van der Waals surface area contributed by atoms with E-state index in [1.165, 1.54) is 14.0 Å². The highest BCUT2D eigenvalue weighted by atomic mass is 32.1. The zero-order valence-electron chi connectivity index (χ0n) is 11.0. The highest BCUT2D eigenvalue weighted by Crippen LogP contribution is 2.09. The average Bonchev–Trinajstić information content (AvgIpc) is 2.38. The maximum Gasteiger partial charge on any atom is 0.417 e. The molecule has 1 amide bonds. The minimum Gasteiger partial charge on any atom is -0.465 e. The molecule has 0 aromatic heterocycles. The van der Waals surface area contributed by atoms with Crippen LogP contribution in [0.5, 0.6) is 5.75 Å². The minimum absolute atomic E-state index is 0.0764. The summed E-state index contributed by atoms with van der Waals surface area (Å²) >= 11 is 4.94. The molecule has 7 heteroatoms. The summed E-state index contributed by atoms with van der Waals surface area (Å²) in [5.41, 5.74) is 5.61. The van der Waals surface area contributed by atoms with Crippen molar-refractivity contribution in [1.29, 1.82) is 0 Å². The molecule has 106 valence electrons. The monoisotopic (exact) mass is 294 g/mol. The van der Waals surface area contributed by atoms with E-state index in [1.54, 1.807) is 30.3 Å². The van der Waals surface area contributed by atoms with Gasteiger partial charge in [0.2, 0.25) is 0 Å². The van der Waals surface area contributed by atoms with Crippen LogP contribution in [0.15, 0.2) is 41.6 Å². The molecule has 0 spiro atoms. The van der Waals surface area contributed by atoms with Crippen molar-refractivity contribution in [3.63, 3.8) is 0 Å². The van der Waals surface area contributed by atoms with Crippen LogP contribution in [0.3, 0.4) is 0 Å². The van der Waals surface area contributed by atoms with Crippen molar-refractivity contribution < 1.29 is 19.1 Å². The van der Waals surface area contributed by atoms with Crippen LogP contribution in [0, 0.1) is 0 Å². The van der Waals surface area contributed by atoms with Crippen LogP contribution in [-0.4, -0.2) is 24.2 Å². The van der Waals surface area contributed by atoms with Crippen LogP contribution in [0.2, 0.25) is 0 Å². The lowest BCUT2D eigenvalue weighted by atomic mass is 10.2. The number of ether oxygens (including phenoxy) is 2. The molecule has 0 heterocycles. The molecule has 0 aliphatic heterocycles. The molecule has 0 bridgehead atoms. The first-order valence-electron chi connectivity index (χ1n) is 5.58. The molecule has 1 aromatic rings. The lowest BCUT2D eigenvalue weighted by Gasteiger charge is -2.10. The van der Waals surface area contributed by atoms with Gasteiger partial charge < -0.3 is 15.2 Å². The maximum absolute atomic E-state index is 11.6. The summed E-state index contributed by atoms with van der Waals surface area (Å²) in [7, 11) is 1.19. The second kappa shape index (κ2) is 7.25. The molecule has 6 nitrogen and oxygen atoms in total. The number of para-hydroxylation sites is 1. The number of rotatable bonds is 3. The Labute approximate surface area is 121 Å². The topological polar surface area (TPSA) is 90.6 Å². The summed E-state index contributed by atoms with van der Waals surface area (Å²) in [6.45, 7) is 1.47. The number of allylic oxidation sites excluding steroid dienone is 1. The molecule has 0 atom stereocenters. The van der Waals surface area contributed by atoms with E-state index >= 15 is 0 Å². The third-order valence-corrected chi connectivity index (χ3v) is 2.49. The van der Waals surface area contributed by atoms with Crippen LogP contribution >= 0.6 is 12.2 Å². The molecule has 0 aliphatic carbocycles. The number of benzene rings is 1. The summed E-state index contributed by atoms with van der Waals surface area (Å²) in [6, 6.07) is 8.42. The Hall–Kier alpha value is -2.41. The van der Waals surface area contributed by atoms with Gasteiger partial charge in [-0.3, -0.25) is 5.32 Å². The number of carbonyl (C=O) groups excluding carboxylic acids is 2. The summed E-state index contributed by atoms with van der Waals surface area (Å²) < 4.78 is 9.51. The molecule has 0 unspecified atom stereocenters. The SMILES string of the molecule is COC(=O)/C(C(=S)NC(=O)Oc1ccccc1)=C(/C)N. The Bertz CT molecular complexity index is 551. The number of nitrogens with one attached hydrogen (secondary N) is 1. The molecule has 3 N–H and O–H groups in total. The Morgan fingerprint density at radius 3 is 2.35 bits per heavy atom. The normalized spacial score (nSPS) is 11.1. The molecular formula is C13H14N2O4S. The van der Waals surface area contributed by atoms with Crippen LogP contribution in [0.4, 0.5) is 4.79 Å². The van der Waals surface area contributed by atoms with Crippen molar-refractivity contribution in [1.82, 2.24) is 5.32 Å².